The van der Waals surface area contributed by atoms with Crippen LogP contribution in [0.3, 0.4) is 0 Å². The maximum Gasteiger partial charge on any atom is 0.0457 e. The Balaban J connectivity index is 1.58. The van der Waals surface area contributed by atoms with Crippen LogP contribution >= 0.6 is 11.6 Å². The summed E-state index contributed by atoms with van der Waals surface area (Å²) in [4.78, 5) is 3.25. The van der Waals surface area contributed by atoms with Crippen LogP contribution < -0.4 is 5.32 Å². The van der Waals surface area contributed by atoms with Crippen LogP contribution in [0.25, 0.3) is 10.9 Å². The molecule has 0 radical (unpaired) electrons. The minimum atomic E-state index is 0.405. The molecule has 3 heteroatoms. The molecule has 0 spiro atoms. The molecule has 21 heavy (non-hydrogen) atoms. The van der Waals surface area contributed by atoms with Gasteiger partial charge in [-0.2, -0.15) is 0 Å². The number of halogens is 1. The highest BCUT2D eigenvalue weighted by Crippen LogP contribution is 2.15. The van der Waals surface area contributed by atoms with E-state index in [0.29, 0.717) is 6.04 Å². The Morgan fingerprint density at radius 3 is 2.86 bits per heavy atom. The van der Waals surface area contributed by atoms with Gasteiger partial charge >= 0.3 is 0 Å². The first-order chi connectivity index (χ1) is 10.2. The Hall–Kier alpha value is -1.77. The van der Waals surface area contributed by atoms with Gasteiger partial charge in [0, 0.05) is 29.3 Å². The fourth-order valence-electron chi connectivity index (χ4n) is 2.59. The summed E-state index contributed by atoms with van der Waals surface area (Å²) >= 11 is 6.02. The van der Waals surface area contributed by atoms with Gasteiger partial charge < -0.3 is 10.3 Å². The fourth-order valence-corrected chi connectivity index (χ4v) is 2.80. The van der Waals surface area contributed by atoms with Crippen molar-refractivity contribution >= 4 is 22.5 Å². The largest absolute Gasteiger partial charge is 0.361 e. The SMILES string of the molecule is CC(Cc1cccc(Cl)c1)NCc1ccc2cc[nH]c2c1. The first kappa shape index (κ1) is 14.2. The van der Waals surface area contributed by atoms with Gasteiger partial charge in [0.15, 0.2) is 0 Å². The zero-order valence-corrected chi connectivity index (χ0v) is 12.8. The van der Waals surface area contributed by atoms with E-state index < -0.39 is 0 Å². The quantitative estimate of drug-likeness (QED) is 0.711. The first-order valence-corrected chi connectivity index (χ1v) is 7.62. The van der Waals surface area contributed by atoms with Gasteiger partial charge in [0.05, 0.1) is 0 Å². The molecular weight excluding hydrogens is 280 g/mol. The summed E-state index contributed by atoms with van der Waals surface area (Å²) in [6, 6.07) is 17.1. The van der Waals surface area contributed by atoms with E-state index in [-0.39, 0.29) is 0 Å². The third-order valence-electron chi connectivity index (χ3n) is 3.70. The summed E-state index contributed by atoms with van der Waals surface area (Å²) < 4.78 is 0. The van der Waals surface area contributed by atoms with Crippen molar-refractivity contribution in [2.45, 2.75) is 25.9 Å². The number of aromatic nitrogens is 1. The number of rotatable bonds is 5. The van der Waals surface area contributed by atoms with E-state index in [4.69, 9.17) is 11.6 Å². The molecule has 0 aliphatic rings. The van der Waals surface area contributed by atoms with Crippen molar-refractivity contribution < 1.29 is 0 Å². The summed E-state index contributed by atoms with van der Waals surface area (Å²) in [7, 11) is 0. The van der Waals surface area contributed by atoms with Gasteiger partial charge in [-0.15, -0.1) is 0 Å². The van der Waals surface area contributed by atoms with Crippen LogP contribution in [-0.2, 0) is 13.0 Å². The Bertz CT molecular complexity index is 733. The Morgan fingerprint density at radius 2 is 2.00 bits per heavy atom. The van der Waals surface area contributed by atoms with Crippen molar-refractivity contribution in [2.24, 2.45) is 0 Å². The molecule has 2 N–H and O–H groups in total. The molecule has 2 aromatic carbocycles. The molecule has 0 amide bonds. The normalized spacial score (nSPS) is 12.7. The highest BCUT2D eigenvalue weighted by atomic mass is 35.5. The van der Waals surface area contributed by atoms with Crippen LogP contribution in [0.2, 0.25) is 5.02 Å². The predicted molar refractivity (Wildman–Crippen MR) is 89.8 cm³/mol. The lowest BCUT2D eigenvalue weighted by atomic mass is 10.1. The van der Waals surface area contributed by atoms with Gasteiger partial charge in [-0.3, -0.25) is 0 Å². The second-order valence-electron chi connectivity index (χ2n) is 5.52. The molecular formula is C18H19ClN2. The smallest absolute Gasteiger partial charge is 0.0457 e. The molecule has 108 valence electrons. The van der Waals surface area contributed by atoms with E-state index in [0.717, 1.165) is 18.0 Å². The third-order valence-corrected chi connectivity index (χ3v) is 3.94. The molecule has 0 saturated heterocycles. The molecule has 1 heterocycles. The topological polar surface area (TPSA) is 27.8 Å². The maximum atomic E-state index is 6.02. The number of hydrogen-bond donors (Lipinski definition) is 2. The van der Waals surface area contributed by atoms with E-state index in [1.807, 2.05) is 24.4 Å². The van der Waals surface area contributed by atoms with Crippen molar-refractivity contribution in [1.82, 2.24) is 10.3 Å². The molecule has 1 unspecified atom stereocenters. The third kappa shape index (κ3) is 3.66. The van der Waals surface area contributed by atoms with Gasteiger partial charge in [0.25, 0.3) is 0 Å². The standard InChI is InChI=1S/C18H19ClN2/c1-13(9-14-3-2-4-17(19)10-14)21-12-15-5-6-16-7-8-20-18(16)11-15/h2-8,10-11,13,20-21H,9,12H2,1H3. The summed E-state index contributed by atoms with van der Waals surface area (Å²) in [5.41, 5.74) is 3.75. The van der Waals surface area contributed by atoms with Crippen LogP contribution in [0.4, 0.5) is 0 Å². The number of aromatic amines is 1. The van der Waals surface area contributed by atoms with Crippen molar-refractivity contribution in [3.05, 3.63) is 70.9 Å². The first-order valence-electron chi connectivity index (χ1n) is 7.24. The lowest BCUT2D eigenvalue weighted by Gasteiger charge is -2.14. The number of nitrogens with one attached hydrogen (secondary N) is 2. The highest BCUT2D eigenvalue weighted by molar-refractivity contribution is 6.30. The molecule has 0 saturated carbocycles. The van der Waals surface area contributed by atoms with Crippen LogP contribution in [0, 0.1) is 0 Å². The lowest BCUT2D eigenvalue weighted by molar-refractivity contribution is 0.545. The van der Waals surface area contributed by atoms with Crippen LogP contribution in [0.15, 0.2) is 54.7 Å². The summed E-state index contributed by atoms with van der Waals surface area (Å²) in [5.74, 6) is 0. The second kappa shape index (κ2) is 6.33. The number of fused-ring (bicyclic) bond motifs is 1. The highest BCUT2D eigenvalue weighted by Gasteiger charge is 2.04. The predicted octanol–water partition coefficient (Wildman–Crippen LogP) is 4.54. The van der Waals surface area contributed by atoms with Gasteiger partial charge in [-0.05, 0) is 54.1 Å². The van der Waals surface area contributed by atoms with Crippen molar-refractivity contribution in [1.29, 1.82) is 0 Å². The molecule has 2 nitrogen and oxygen atoms in total. The van der Waals surface area contributed by atoms with E-state index in [1.54, 1.807) is 0 Å². The van der Waals surface area contributed by atoms with Gasteiger partial charge in [0.2, 0.25) is 0 Å². The average Bonchev–Trinajstić information content (AvgIpc) is 2.92. The van der Waals surface area contributed by atoms with Crippen LogP contribution in [0.1, 0.15) is 18.1 Å². The number of hydrogen-bond acceptors (Lipinski definition) is 1. The van der Waals surface area contributed by atoms with E-state index in [9.17, 15) is 0 Å². The monoisotopic (exact) mass is 298 g/mol. The average molecular weight is 299 g/mol. The van der Waals surface area contributed by atoms with Crippen LogP contribution in [0.5, 0.6) is 0 Å². The Kier molecular flexibility index (Phi) is 4.28. The summed E-state index contributed by atoms with van der Waals surface area (Å²) in [6.45, 7) is 3.07. The molecule has 1 atom stereocenters. The molecule has 0 aliphatic heterocycles. The van der Waals surface area contributed by atoms with Crippen molar-refractivity contribution in [2.75, 3.05) is 0 Å². The Morgan fingerprint density at radius 1 is 1.10 bits per heavy atom. The minimum absolute atomic E-state index is 0.405. The maximum absolute atomic E-state index is 6.02. The molecule has 3 rings (SSSR count). The number of benzene rings is 2. The minimum Gasteiger partial charge on any atom is -0.361 e. The zero-order valence-electron chi connectivity index (χ0n) is 12.1. The molecule has 0 fully saturated rings. The van der Waals surface area contributed by atoms with E-state index in [2.05, 4.69) is 47.6 Å². The number of H-pyrrole nitrogens is 1. The summed E-state index contributed by atoms with van der Waals surface area (Å²) in [6.07, 6.45) is 2.95. The fraction of sp³-hybridized carbons (Fsp3) is 0.222. The Labute approximate surface area is 130 Å². The zero-order chi connectivity index (χ0) is 14.7. The van der Waals surface area contributed by atoms with Crippen LogP contribution in [-0.4, -0.2) is 11.0 Å². The van der Waals surface area contributed by atoms with Gasteiger partial charge in [-0.1, -0.05) is 35.9 Å². The van der Waals surface area contributed by atoms with Crippen molar-refractivity contribution in [3.8, 4) is 0 Å². The summed E-state index contributed by atoms with van der Waals surface area (Å²) in [5, 5.41) is 5.62. The van der Waals surface area contributed by atoms with Crippen molar-refractivity contribution in [3.63, 3.8) is 0 Å². The molecule has 0 aliphatic carbocycles. The van der Waals surface area contributed by atoms with Gasteiger partial charge in [0.1, 0.15) is 0 Å². The lowest BCUT2D eigenvalue weighted by Crippen LogP contribution is -2.27. The molecule has 1 aromatic heterocycles. The van der Waals surface area contributed by atoms with E-state index >= 15 is 0 Å². The molecule has 0 bridgehead atoms. The second-order valence-corrected chi connectivity index (χ2v) is 5.95. The van der Waals surface area contributed by atoms with E-state index in [1.165, 1.54) is 22.0 Å². The molecule has 3 aromatic rings. The van der Waals surface area contributed by atoms with Gasteiger partial charge in [-0.25, -0.2) is 0 Å².